The number of nitrogens with zero attached hydrogens (tertiary/aromatic N) is 5. The number of piperidine rings is 1. The van der Waals surface area contributed by atoms with E-state index >= 15 is 0 Å². The number of nitrogens with two attached hydrogens (primary N) is 2. The van der Waals surface area contributed by atoms with E-state index in [9.17, 15) is 20.0 Å². The number of hydrogen-bond acceptors (Lipinski definition) is 9. The summed E-state index contributed by atoms with van der Waals surface area (Å²) in [5.41, 5.74) is 15.6. The minimum Gasteiger partial charge on any atom is -0.375 e. The van der Waals surface area contributed by atoms with Crippen molar-refractivity contribution >= 4 is 11.8 Å². The van der Waals surface area contributed by atoms with Gasteiger partial charge in [-0.3, -0.25) is 9.59 Å². The highest BCUT2D eigenvalue weighted by atomic mass is 16.3. The smallest absolute Gasteiger partial charge is 0.248 e. The van der Waals surface area contributed by atoms with Gasteiger partial charge >= 0.3 is 0 Å². The number of aromatic nitrogens is 4. The average molecular weight is 610 g/mol. The van der Waals surface area contributed by atoms with E-state index < -0.39 is 17.6 Å². The molecule has 0 spiro atoms. The van der Waals surface area contributed by atoms with Gasteiger partial charge in [0.25, 0.3) is 0 Å². The van der Waals surface area contributed by atoms with Crippen LogP contribution in [-0.2, 0) is 23.1 Å². The molecule has 2 heterocycles. The Bertz CT molecular complexity index is 1650. The minimum absolute atomic E-state index is 0.0301. The summed E-state index contributed by atoms with van der Waals surface area (Å²) in [5, 5.41) is 39.5. The van der Waals surface area contributed by atoms with Gasteiger partial charge in [0.2, 0.25) is 11.8 Å². The van der Waals surface area contributed by atoms with Crippen LogP contribution in [0.3, 0.4) is 0 Å². The molecule has 3 unspecified atom stereocenters. The first kappa shape index (κ1) is 29.5. The van der Waals surface area contributed by atoms with Gasteiger partial charge in [-0.15, -0.1) is 10.2 Å². The van der Waals surface area contributed by atoms with E-state index in [1.165, 1.54) is 0 Å². The van der Waals surface area contributed by atoms with E-state index in [1.54, 1.807) is 11.0 Å². The molecule has 12 heteroatoms. The Labute approximate surface area is 261 Å². The van der Waals surface area contributed by atoms with Crippen LogP contribution in [0.25, 0.3) is 0 Å². The summed E-state index contributed by atoms with van der Waals surface area (Å²) in [7, 11) is 0. The third-order valence-electron chi connectivity index (χ3n) is 10.7. The number of rotatable bonds is 9. The summed E-state index contributed by atoms with van der Waals surface area (Å²) < 4.78 is 0. The molecule has 4 aliphatic rings. The molecule has 7 N–H and O–H groups in total. The van der Waals surface area contributed by atoms with Crippen molar-refractivity contribution in [3.05, 3.63) is 75.6 Å². The van der Waals surface area contributed by atoms with Gasteiger partial charge < -0.3 is 26.8 Å². The normalized spacial score (nSPS) is 26.7. The van der Waals surface area contributed by atoms with Crippen molar-refractivity contribution in [1.82, 2.24) is 30.8 Å². The topological polar surface area (TPSA) is 200 Å². The van der Waals surface area contributed by atoms with Crippen molar-refractivity contribution in [2.24, 2.45) is 23.3 Å². The molecular weight excluding hydrogens is 570 g/mol. The van der Waals surface area contributed by atoms with Gasteiger partial charge in [-0.1, -0.05) is 42.3 Å². The third kappa shape index (κ3) is 5.18. The maximum Gasteiger partial charge on any atom is 0.248 e. The zero-order chi connectivity index (χ0) is 31.3. The second kappa shape index (κ2) is 11.6. The molecule has 45 heavy (non-hydrogen) atoms. The molecule has 6 atom stereocenters. The van der Waals surface area contributed by atoms with E-state index in [2.05, 4.69) is 32.0 Å². The first-order valence-corrected chi connectivity index (χ1v) is 16.0. The van der Waals surface area contributed by atoms with Crippen molar-refractivity contribution in [3.8, 4) is 6.07 Å². The number of hydrogen-bond donors (Lipinski definition) is 5. The number of nitriles is 1. The predicted molar refractivity (Wildman–Crippen MR) is 163 cm³/mol. The first-order valence-electron chi connectivity index (χ1n) is 16.0. The number of fused-ring (bicyclic) bond motifs is 3. The number of aliphatic hydroxyl groups is 1. The number of H-pyrrole nitrogens is 1. The summed E-state index contributed by atoms with van der Waals surface area (Å²) in [6.45, 7) is 0.142. The SMILES string of the molecule is N#CC1C[C@@H]2C[C@@H]2N1C(=O)CN[C@@H](CC1(c2nn[nH]n2)c2ccc(C(N)=O)cc2CCc2cc(C(N)O)ccc21)C1CCCC1. The Morgan fingerprint density at radius 2 is 1.87 bits per heavy atom. The highest BCUT2D eigenvalue weighted by Gasteiger charge is 2.54. The third-order valence-corrected chi connectivity index (χ3v) is 10.7. The monoisotopic (exact) mass is 609 g/mol. The Hall–Kier alpha value is -4.18. The Balaban J connectivity index is 1.34. The maximum atomic E-state index is 13.6. The number of amides is 2. The summed E-state index contributed by atoms with van der Waals surface area (Å²) in [4.78, 5) is 27.7. The van der Waals surface area contributed by atoms with Crippen molar-refractivity contribution in [1.29, 1.82) is 5.26 Å². The zero-order valence-electron chi connectivity index (χ0n) is 25.2. The number of primary amides is 1. The minimum atomic E-state index is -1.13. The number of likely N-dealkylation sites (tertiary alicyclic amines) is 1. The van der Waals surface area contributed by atoms with Crippen molar-refractivity contribution in [2.75, 3.05) is 6.54 Å². The number of benzene rings is 2. The highest BCUT2D eigenvalue weighted by Crippen LogP contribution is 2.49. The molecule has 3 fully saturated rings. The highest BCUT2D eigenvalue weighted by molar-refractivity contribution is 5.93. The fourth-order valence-electron chi connectivity index (χ4n) is 8.44. The van der Waals surface area contributed by atoms with E-state index in [4.69, 9.17) is 11.5 Å². The molecule has 12 nitrogen and oxygen atoms in total. The van der Waals surface area contributed by atoms with Gasteiger partial charge in [0.1, 0.15) is 12.3 Å². The fraction of sp³-hybridized carbons (Fsp3) is 0.515. The van der Waals surface area contributed by atoms with Crippen LogP contribution >= 0.6 is 0 Å². The van der Waals surface area contributed by atoms with Crippen molar-refractivity contribution in [2.45, 2.75) is 87.6 Å². The lowest BCUT2D eigenvalue weighted by molar-refractivity contribution is -0.131. The molecule has 7 rings (SSSR count). The van der Waals surface area contributed by atoms with E-state index in [0.717, 1.165) is 60.8 Å². The first-order chi connectivity index (χ1) is 21.8. The Morgan fingerprint density at radius 1 is 1.13 bits per heavy atom. The molecule has 1 aliphatic heterocycles. The van der Waals surface area contributed by atoms with Crippen LogP contribution in [0.2, 0.25) is 0 Å². The Kier molecular flexibility index (Phi) is 7.63. The van der Waals surface area contributed by atoms with E-state index in [1.807, 2.05) is 30.3 Å². The van der Waals surface area contributed by atoms with Crippen LogP contribution in [0.4, 0.5) is 0 Å². The lowest BCUT2D eigenvalue weighted by Gasteiger charge is -2.39. The molecule has 3 aliphatic carbocycles. The van der Waals surface area contributed by atoms with Crippen molar-refractivity contribution < 1.29 is 14.7 Å². The lowest BCUT2D eigenvalue weighted by Crippen LogP contribution is -2.49. The summed E-state index contributed by atoms with van der Waals surface area (Å²) in [6, 6.07) is 13.4. The molecule has 2 aromatic carbocycles. The summed E-state index contributed by atoms with van der Waals surface area (Å²) >= 11 is 0. The van der Waals surface area contributed by atoms with Crippen LogP contribution in [0, 0.1) is 23.2 Å². The van der Waals surface area contributed by atoms with Crippen LogP contribution < -0.4 is 16.8 Å². The molecule has 3 aromatic rings. The number of carbonyl (C=O) groups excluding carboxylic acids is 2. The van der Waals surface area contributed by atoms with Crippen LogP contribution in [0.5, 0.6) is 0 Å². The van der Waals surface area contributed by atoms with Gasteiger partial charge in [-0.2, -0.15) is 10.5 Å². The van der Waals surface area contributed by atoms with Gasteiger partial charge in [0, 0.05) is 17.6 Å². The largest absolute Gasteiger partial charge is 0.375 e. The molecular formula is C33H39N9O3. The zero-order valence-corrected chi connectivity index (χ0v) is 25.2. The molecule has 1 saturated heterocycles. The van der Waals surface area contributed by atoms with Crippen molar-refractivity contribution in [3.63, 3.8) is 0 Å². The maximum absolute atomic E-state index is 13.6. The summed E-state index contributed by atoms with van der Waals surface area (Å²) in [6.07, 6.45) is 6.70. The molecule has 1 aromatic heterocycles. The average Bonchev–Trinajstić information content (AvgIpc) is 3.46. The molecule has 2 amide bonds. The second-order valence-corrected chi connectivity index (χ2v) is 13.2. The fourth-order valence-corrected chi connectivity index (χ4v) is 8.44. The Morgan fingerprint density at radius 3 is 2.53 bits per heavy atom. The number of nitrogens with one attached hydrogen (secondary N) is 2. The molecule has 234 valence electrons. The van der Waals surface area contributed by atoms with Gasteiger partial charge in [0.05, 0.1) is 18.0 Å². The van der Waals surface area contributed by atoms with Gasteiger partial charge in [0.15, 0.2) is 5.82 Å². The van der Waals surface area contributed by atoms with Gasteiger partial charge in [-0.25, -0.2) is 0 Å². The van der Waals surface area contributed by atoms with Crippen LogP contribution in [0.15, 0.2) is 36.4 Å². The van der Waals surface area contributed by atoms with Gasteiger partial charge in [-0.05, 0) is 96.7 Å². The molecule has 0 radical (unpaired) electrons. The van der Waals surface area contributed by atoms with E-state index in [-0.39, 0.29) is 30.6 Å². The number of tetrazole rings is 1. The van der Waals surface area contributed by atoms with E-state index in [0.29, 0.717) is 48.0 Å². The standard InChI is InChI=1S/C33H39N9O3/c34-16-24-13-23-14-28(23)42(24)29(43)17-37-27(18-3-1-2-4-18)15-33(32-38-40-41-39-32)25-9-7-21(30(35)44)11-19(25)5-6-20-12-22(31(36)45)8-10-26(20)33/h7-12,18,23-24,27-28,30,37,44H,1-6,13-15,17,35H2,(H2,36,45)(H,38,39,40,41)/t23-,24?,27+,28+,30?,33?/m1/s1. The quantitative estimate of drug-likeness (QED) is 0.224. The number of aliphatic hydroxyl groups excluding tert-OH is 1. The number of aromatic amines is 1. The summed E-state index contributed by atoms with van der Waals surface area (Å²) in [5.74, 6) is 0.716. The number of carbonyl (C=O) groups is 2. The molecule has 0 bridgehead atoms. The predicted octanol–water partition coefficient (Wildman–Crippen LogP) is 1.73. The lowest BCUT2D eigenvalue weighted by atomic mass is 9.66. The molecule has 2 saturated carbocycles. The number of aryl methyl sites for hydroxylation is 2. The second-order valence-electron chi connectivity index (χ2n) is 13.2. The van der Waals surface area contributed by atoms with Crippen LogP contribution in [0.1, 0.15) is 95.2 Å². The van der Waals surface area contributed by atoms with Crippen LogP contribution in [-0.4, -0.2) is 67.1 Å².